The van der Waals surface area contributed by atoms with Crippen molar-refractivity contribution < 1.29 is 17.6 Å². The number of carbonyl (C=O) groups is 1. The first kappa shape index (κ1) is 21.2. The summed E-state index contributed by atoms with van der Waals surface area (Å²) in [6.45, 7) is 3.89. The second-order valence-electron chi connectivity index (χ2n) is 7.61. The molecule has 2 aliphatic rings. The molecular weight excluding hydrogens is 419 g/mol. The number of amides is 1. The number of aromatic nitrogens is 1. The molecule has 2 aromatic rings. The number of benzene rings is 1. The van der Waals surface area contributed by atoms with Gasteiger partial charge in [-0.05, 0) is 42.7 Å². The number of hydrogen-bond acceptors (Lipinski definition) is 5. The zero-order chi connectivity index (χ0) is 22.0. The van der Waals surface area contributed by atoms with E-state index in [9.17, 15) is 17.6 Å². The SMILES string of the molecule is CC1=C(c2ccc(F)cc2)S(=O)(=O)N=C1N1CCCN(C(=O)Cc2cccnc2)CC1. The Hall–Kier alpha value is -3.07. The summed E-state index contributed by atoms with van der Waals surface area (Å²) in [7, 11) is -3.87. The van der Waals surface area contributed by atoms with Crippen molar-refractivity contribution >= 4 is 26.7 Å². The quantitative estimate of drug-likeness (QED) is 0.729. The van der Waals surface area contributed by atoms with Crippen LogP contribution in [-0.2, 0) is 21.2 Å². The number of sulfonamides is 1. The average molecular weight is 443 g/mol. The van der Waals surface area contributed by atoms with E-state index in [1.807, 2.05) is 11.0 Å². The van der Waals surface area contributed by atoms with Crippen LogP contribution in [0.4, 0.5) is 4.39 Å². The minimum atomic E-state index is -3.87. The van der Waals surface area contributed by atoms with Crippen LogP contribution in [0, 0.1) is 5.82 Å². The van der Waals surface area contributed by atoms with Crippen molar-refractivity contribution in [1.29, 1.82) is 0 Å². The normalized spacial score (nSPS) is 18.7. The molecule has 162 valence electrons. The van der Waals surface area contributed by atoms with Gasteiger partial charge in [-0.2, -0.15) is 8.42 Å². The summed E-state index contributed by atoms with van der Waals surface area (Å²) in [5.41, 5.74) is 1.82. The molecule has 7 nitrogen and oxygen atoms in total. The molecule has 0 spiro atoms. The molecule has 0 aliphatic carbocycles. The van der Waals surface area contributed by atoms with E-state index in [4.69, 9.17) is 0 Å². The minimum Gasteiger partial charge on any atom is -0.354 e. The fraction of sp³-hybridized carbons (Fsp3) is 0.318. The highest BCUT2D eigenvalue weighted by molar-refractivity contribution is 8.00. The van der Waals surface area contributed by atoms with Crippen LogP contribution in [0.15, 0.2) is 58.8 Å². The van der Waals surface area contributed by atoms with Crippen molar-refractivity contribution in [3.05, 3.63) is 71.3 Å². The summed E-state index contributed by atoms with van der Waals surface area (Å²) in [6, 6.07) is 9.05. The van der Waals surface area contributed by atoms with E-state index >= 15 is 0 Å². The van der Waals surface area contributed by atoms with Gasteiger partial charge >= 0.3 is 0 Å². The highest BCUT2D eigenvalue weighted by Crippen LogP contribution is 2.33. The molecule has 4 rings (SSSR count). The van der Waals surface area contributed by atoms with E-state index in [1.165, 1.54) is 24.3 Å². The number of nitrogens with zero attached hydrogens (tertiary/aromatic N) is 4. The van der Waals surface area contributed by atoms with Gasteiger partial charge in [-0.3, -0.25) is 9.78 Å². The Morgan fingerprint density at radius 3 is 2.58 bits per heavy atom. The van der Waals surface area contributed by atoms with Gasteiger partial charge < -0.3 is 9.80 Å². The van der Waals surface area contributed by atoms with Crippen LogP contribution in [0.3, 0.4) is 0 Å². The lowest BCUT2D eigenvalue weighted by Gasteiger charge is -2.23. The van der Waals surface area contributed by atoms with Crippen LogP contribution in [0.25, 0.3) is 4.91 Å². The Balaban J connectivity index is 1.50. The van der Waals surface area contributed by atoms with Gasteiger partial charge in [0.1, 0.15) is 16.6 Å². The topological polar surface area (TPSA) is 82.9 Å². The molecule has 0 bridgehead atoms. The Labute approximate surface area is 181 Å². The molecular formula is C22H23FN4O3S. The minimum absolute atomic E-state index is 0.0232. The summed E-state index contributed by atoms with van der Waals surface area (Å²) < 4.78 is 42.8. The van der Waals surface area contributed by atoms with Crippen molar-refractivity contribution in [3.8, 4) is 0 Å². The van der Waals surface area contributed by atoms with Crippen LogP contribution in [0.1, 0.15) is 24.5 Å². The molecule has 0 saturated carbocycles. The average Bonchev–Trinajstić information content (AvgIpc) is 2.90. The van der Waals surface area contributed by atoms with E-state index in [1.54, 1.807) is 30.3 Å². The molecule has 1 fully saturated rings. The van der Waals surface area contributed by atoms with Gasteiger partial charge in [-0.1, -0.05) is 18.2 Å². The fourth-order valence-corrected chi connectivity index (χ4v) is 5.44. The Morgan fingerprint density at radius 1 is 1.10 bits per heavy atom. The Kier molecular flexibility index (Phi) is 5.86. The molecule has 0 radical (unpaired) electrons. The predicted molar refractivity (Wildman–Crippen MR) is 116 cm³/mol. The third-order valence-electron chi connectivity index (χ3n) is 5.47. The third-order valence-corrected chi connectivity index (χ3v) is 6.94. The van der Waals surface area contributed by atoms with Crippen LogP contribution < -0.4 is 0 Å². The van der Waals surface area contributed by atoms with E-state index < -0.39 is 15.8 Å². The van der Waals surface area contributed by atoms with Gasteiger partial charge in [0.2, 0.25) is 5.91 Å². The van der Waals surface area contributed by atoms with E-state index in [-0.39, 0.29) is 17.2 Å². The highest BCUT2D eigenvalue weighted by atomic mass is 32.2. The van der Waals surface area contributed by atoms with Gasteiger partial charge in [-0.15, -0.1) is 4.40 Å². The molecule has 0 atom stereocenters. The third kappa shape index (κ3) is 4.51. The first-order valence-electron chi connectivity index (χ1n) is 10.1. The number of pyridine rings is 1. The molecule has 0 N–H and O–H groups in total. The summed E-state index contributed by atoms with van der Waals surface area (Å²) in [5.74, 6) is -0.00178. The smallest absolute Gasteiger partial charge is 0.285 e. The van der Waals surface area contributed by atoms with Gasteiger partial charge in [0.25, 0.3) is 10.0 Å². The number of hydrogen-bond donors (Lipinski definition) is 0. The van der Waals surface area contributed by atoms with Crippen molar-refractivity contribution in [3.63, 3.8) is 0 Å². The number of carbonyl (C=O) groups excluding carboxylic acids is 1. The molecule has 1 amide bonds. The second-order valence-corrected chi connectivity index (χ2v) is 9.15. The fourth-order valence-electron chi connectivity index (χ4n) is 3.95. The van der Waals surface area contributed by atoms with Crippen LogP contribution in [0.5, 0.6) is 0 Å². The van der Waals surface area contributed by atoms with Crippen molar-refractivity contribution in [2.24, 2.45) is 4.40 Å². The lowest BCUT2D eigenvalue weighted by molar-refractivity contribution is -0.130. The monoisotopic (exact) mass is 442 g/mol. The van der Waals surface area contributed by atoms with Gasteiger partial charge in [0.15, 0.2) is 0 Å². The molecule has 3 heterocycles. The number of amidine groups is 1. The maximum absolute atomic E-state index is 13.3. The van der Waals surface area contributed by atoms with E-state index in [2.05, 4.69) is 9.38 Å². The van der Waals surface area contributed by atoms with Crippen molar-refractivity contribution in [2.75, 3.05) is 26.2 Å². The first-order chi connectivity index (χ1) is 14.8. The van der Waals surface area contributed by atoms with Crippen LogP contribution in [0.2, 0.25) is 0 Å². The highest BCUT2D eigenvalue weighted by Gasteiger charge is 2.34. The Morgan fingerprint density at radius 2 is 1.87 bits per heavy atom. The van der Waals surface area contributed by atoms with E-state index in [0.29, 0.717) is 49.6 Å². The van der Waals surface area contributed by atoms with Crippen LogP contribution in [-0.4, -0.2) is 61.1 Å². The van der Waals surface area contributed by atoms with Crippen molar-refractivity contribution in [1.82, 2.24) is 14.8 Å². The lowest BCUT2D eigenvalue weighted by Crippen LogP contribution is -2.38. The summed E-state index contributed by atoms with van der Waals surface area (Å²) in [5, 5.41) is 0. The zero-order valence-corrected chi connectivity index (χ0v) is 18.0. The molecule has 1 saturated heterocycles. The molecule has 0 unspecified atom stereocenters. The number of halogens is 1. The summed E-state index contributed by atoms with van der Waals surface area (Å²) >= 11 is 0. The molecule has 1 aromatic heterocycles. The standard InChI is InChI=1S/C22H23FN4O3S/c1-16-21(18-5-7-19(23)8-6-18)31(29,30)25-22(16)27-11-3-10-26(12-13-27)20(28)14-17-4-2-9-24-15-17/h2,4-9,15H,3,10-14H2,1H3. The van der Waals surface area contributed by atoms with E-state index in [0.717, 1.165) is 5.56 Å². The van der Waals surface area contributed by atoms with Crippen LogP contribution >= 0.6 is 0 Å². The summed E-state index contributed by atoms with van der Waals surface area (Å²) in [4.78, 5) is 20.6. The number of rotatable bonds is 3. The lowest BCUT2D eigenvalue weighted by atomic mass is 10.1. The maximum Gasteiger partial charge on any atom is 0.285 e. The first-order valence-corrected chi connectivity index (χ1v) is 11.5. The Bertz CT molecular complexity index is 1150. The zero-order valence-electron chi connectivity index (χ0n) is 17.2. The van der Waals surface area contributed by atoms with Gasteiger partial charge in [0.05, 0.1) is 6.42 Å². The largest absolute Gasteiger partial charge is 0.354 e. The molecule has 9 heteroatoms. The molecule has 2 aliphatic heterocycles. The predicted octanol–water partition coefficient (Wildman–Crippen LogP) is 2.47. The second kappa shape index (κ2) is 8.58. The van der Waals surface area contributed by atoms with Crippen molar-refractivity contribution in [2.45, 2.75) is 19.8 Å². The maximum atomic E-state index is 13.3. The molecule has 31 heavy (non-hydrogen) atoms. The van der Waals surface area contributed by atoms with Gasteiger partial charge in [-0.25, -0.2) is 4.39 Å². The molecule has 1 aromatic carbocycles. The summed E-state index contributed by atoms with van der Waals surface area (Å²) in [6.07, 6.45) is 4.35. The van der Waals surface area contributed by atoms with Gasteiger partial charge in [0, 0.05) is 44.1 Å².